The quantitative estimate of drug-likeness (QED) is 0.288. The van der Waals surface area contributed by atoms with Crippen LogP contribution in [0, 0.1) is 0 Å². The Bertz CT molecular complexity index is 1030. The molecule has 158 valence electrons. The van der Waals surface area contributed by atoms with E-state index in [-0.39, 0.29) is 5.91 Å². The van der Waals surface area contributed by atoms with E-state index in [4.69, 9.17) is 16.6 Å². The number of thioether (sulfide) groups is 1. The topological polar surface area (TPSA) is 36.4 Å². The van der Waals surface area contributed by atoms with Crippen LogP contribution in [0.4, 0.5) is 5.13 Å². The van der Waals surface area contributed by atoms with Crippen LogP contribution in [0.15, 0.2) is 53.4 Å². The minimum Gasteiger partial charge on any atom is -0.302 e. The fraction of sp³-hybridized carbons (Fsp3) is 0.304. The monoisotopic (exact) mass is 459 g/mol. The first kappa shape index (κ1) is 22.8. The van der Waals surface area contributed by atoms with Gasteiger partial charge in [0.2, 0.25) is 0 Å². The summed E-state index contributed by atoms with van der Waals surface area (Å²) in [5, 5.41) is 1.35. The van der Waals surface area contributed by atoms with Crippen molar-refractivity contribution in [3.63, 3.8) is 0 Å². The SMILES string of the molecule is CCN(CC)CCN(C(=O)C=Cc1ccccc1Cl)c1nc2c(SC)cccc2s1. The highest BCUT2D eigenvalue weighted by Crippen LogP contribution is 2.34. The van der Waals surface area contributed by atoms with Crippen LogP contribution < -0.4 is 4.90 Å². The van der Waals surface area contributed by atoms with Gasteiger partial charge in [0, 0.05) is 29.1 Å². The standard InChI is InChI=1S/C23H26ClN3OS2/c1-4-26(5-2)15-16-27(21(28)14-13-17-9-6-7-10-18(17)24)23-25-22-19(29-3)11-8-12-20(22)30-23/h6-14H,4-5,15-16H2,1-3H3. The molecular weight excluding hydrogens is 434 g/mol. The van der Waals surface area contributed by atoms with Crippen molar-refractivity contribution >= 4 is 62.0 Å². The van der Waals surface area contributed by atoms with E-state index in [1.807, 2.05) is 36.6 Å². The highest BCUT2D eigenvalue weighted by molar-refractivity contribution is 7.98. The summed E-state index contributed by atoms with van der Waals surface area (Å²) in [6, 6.07) is 13.7. The first-order chi connectivity index (χ1) is 14.6. The highest BCUT2D eigenvalue weighted by Gasteiger charge is 2.19. The number of halogens is 1. The van der Waals surface area contributed by atoms with E-state index in [1.54, 1.807) is 40.2 Å². The Balaban J connectivity index is 1.92. The number of para-hydroxylation sites is 1. The average Bonchev–Trinajstić information content (AvgIpc) is 3.20. The number of fused-ring (bicyclic) bond motifs is 1. The molecule has 0 aliphatic heterocycles. The summed E-state index contributed by atoms with van der Waals surface area (Å²) >= 11 is 9.46. The van der Waals surface area contributed by atoms with Crippen molar-refractivity contribution in [1.29, 1.82) is 0 Å². The maximum Gasteiger partial charge on any atom is 0.252 e. The van der Waals surface area contributed by atoms with Crippen molar-refractivity contribution in [3.8, 4) is 0 Å². The number of thiazole rings is 1. The molecule has 0 bridgehead atoms. The zero-order chi connectivity index (χ0) is 21.5. The van der Waals surface area contributed by atoms with Gasteiger partial charge in [-0.05, 0) is 49.2 Å². The van der Waals surface area contributed by atoms with Crippen LogP contribution in [0.25, 0.3) is 16.3 Å². The van der Waals surface area contributed by atoms with Gasteiger partial charge in [0.15, 0.2) is 5.13 Å². The maximum atomic E-state index is 13.2. The van der Waals surface area contributed by atoms with Crippen LogP contribution in [-0.4, -0.2) is 48.2 Å². The van der Waals surface area contributed by atoms with Gasteiger partial charge >= 0.3 is 0 Å². The number of hydrogen-bond donors (Lipinski definition) is 0. The lowest BCUT2D eigenvalue weighted by Gasteiger charge is -2.23. The third-order valence-corrected chi connectivity index (χ3v) is 7.09. The summed E-state index contributed by atoms with van der Waals surface area (Å²) in [6.45, 7) is 7.55. The summed E-state index contributed by atoms with van der Waals surface area (Å²) in [4.78, 5) is 23.2. The molecule has 0 radical (unpaired) electrons. The van der Waals surface area contributed by atoms with Crippen molar-refractivity contribution < 1.29 is 4.79 Å². The second-order valence-electron chi connectivity index (χ2n) is 6.68. The van der Waals surface area contributed by atoms with Gasteiger partial charge in [-0.25, -0.2) is 4.98 Å². The van der Waals surface area contributed by atoms with E-state index >= 15 is 0 Å². The molecule has 1 aromatic heterocycles. The number of rotatable bonds is 9. The zero-order valence-electron chi connectivity index (χ0n) is 17.5. The number of anilines is 1. The minimum absolute atomic E-state index is 0.0909. The van der Waals surface area contributed by atoms with Crippen molar-refractivity contribution in [1.82, 2.24) is 9.88 Å². The Labute approximate surface area is 191 Å². The van der Waals surface area contributed by atoms with E-state index in [0.29, 0.717) is 11.6 Å². The first-order valence-corrected chi connectivity index (χ1v) is 12.4. The zero-order valence-corrected chi connectivity index (χ0v) is 19.9. The molecule has 1 heterocycles. The molecule has 0 saturated heterocycles. The Morgan fingerprint density at radius 1 is 1.13 bits per heavy atom. The number of nitrogens with zero attached hydrogens (tertiary/aromatic N) is 3. The molecule has 0 fully saturated rings. The van der Waals surface area contributed by atoms with Crippen LogP contribution in [0.5, 0.6) is 0 Å². The van der Waals surface area contributed by atoms with Crippen LogP contribution in [0.2, 0.25) is 5.02 Å². The first-order valence-electron chi connectivity index (χ1n) is 9.97. The lowest BCUT2D eigenvalue weighted by atomic mass is 10.2. The molecule has 7 heteroatoms. The van der Waals surface area contributed by atoms with Gasteiger partial charge in [-0.1, -0.05) is 61.1 Å². The Morgan fingerprint density at radius 2 is 1.90 bits per heavy atom. The average molecular weight is 460 g/mol. The second kappa shape index (κ2) is 11.0. The largest absolute Gasteiger partial charge is 0.302 e. The highest BCUT2D eigenvalue weighted by atomic mass is 35.5. The molecule has 3 aromatic rings. The lowest BCUT2D eigenvalue weighted by molar-refractivity contribution is -0.114. The molecule has 30 heavy (non-hydrogen) atoms. The predicted octanol–water partition coefficient (Wildman–Crippen LogP) is 6.06. The molecule has 0 spiro atoms. The summed E-state index contributed by atoms with van der Waals surface area (Å²) in [5.41, 5.74) is 1.78. The van der Waals surface area contributed by atoms with Gasteiger partial charge in [-0.3, -0.25) is 9.69 Å². The smallest absolute Gasteiger partial charge is 0.252 e. The third kappa shape index (κ3) is 5.43. The van der Waals surface area contributed by atoms with E-state index in [9.17, 15) is 4.79 Å². The van der Waals surface area contributed by atoms with Crippen molar-refractivity contribution in [2.45, 2.75) is 18.7 Å². The summed E-state index contributed by atoms with van der Waals surface area (Å²) in [6.07, 6.45) is 5.41. The number of hydrogen-bond acceptors (Lipinski definition) is 5. The molecular formula is C23H26ClN3OS2. The van der Waals surface area contributed by atoms with Gasteiger partial charge < -0.3 is 4.90 Å². The number of aromatic nitrogens is 1. The molecule has 0 aliphatic carbocycles. The van der Waals surface area contributed by atoms with Crippen LogP contribution in [-0.2, 0) is 4.79 Å². The van der Waals surface area contributed by atoms with Crippen molar-refractivity contribution in [3.05, 3.63) is 59.1 Å². The number of likely N-dealkylation sites (N-methyl/N-ethyl adjacent to an activating group) is 1. The fourth-order valence-electron chi connectivity index (χ4n) is 3.13. The Hall–Kier alpha value is -1.86. The number of carbonyl (C=O) groups excluding carboxylic acids is 1. The molecule has 0 saturated carbocycles. The van der Waals surface area contributed by atoms with Crippen LogP contribution >= 0.6 is 34.7 Å². The van der Waals surface area contributed by atoms with Gasteiger partial charge in [-0.15, -0.1) is 11.8 Å². The minimum atomic E-state index is -0.0909. The Morgan fingerprint density at radius 3 is 2.60 bits per heavy atom. The molecule has 1 amide bonds. The van der Waals surface area contributed by atoms with Gasteiger partial charge in [-0.2, -0.15) is 0 Å². The van der Waals surface area contributed by atoms with Gasteiger partial charge in [0.05, 0.1) is 10.2 Å². The third-order valence-electron chi connectivity index (χ3n) is 4.93. The van der Waals surface area contributed by atoms with E-state index in [2.05, 4.69) is 30.9 Å². The number of carbonyl (C=O) groups is 1. The predicted molar refractivity (Wildman–Crippen MR) is 132 cm³/mol. The van der Waals surface area contributed by atoms with E-state index in [1.165, 1.54) is 0 Å². The Kier molecular flexibility index (Phi) is 8.33. The fourth-order valence-corrected chi connectivity index (χ4v) is 4.99. The maximum absolute atomic E-state index is 13.2. The normalized spacial score (nSPS) is 11.6. The summed E-state index contributed by atoms with van der Waals surface area (Å²) in [5.74, 6) is -0.0909. The van der Waals surface area contributed by atoms with Gasteiger partial charge in [0.1, 0.15) is 0 Å². The molecule has 0 N–H and O–H groups in total. The summed E-state index contributed by atoms with van der Waals surface area (Å²) in [7, 11) is 0. The van der Waals surface area contributed by atoms with E-state index < -0.39 is 0 Å². The lowest BCUT2D eigenvalue weighted by Crippen LogP contribution is -2.38. The molecule has 4 nitrogen and oxygen atoms in total. The molecule has 0 unspecified atom stereocenters. The van der Waals surface area contributed by atoms with Gasteiger partial charge in [0.25, 0.3) is 5.91 Å². The van der Waals surface area contributed by atoms with Crippen molar-refractivity contribution in [2.24, 2.45) is 0 Å². The second-order valence-corrected chi connectivity index (χ2v) is 8.94. The van der Waals surface area contributed by atoms with Crippen LogP contribution in [0.3, 0.4) is 0 Å². The molecule has 0 atom stereocenters. The summed E-state index contributed by atoms with van der Waals surface area (Å²) < 4.78 is 1.09. The molecule has 0 aliphatic rings. The van der Waals surface area contributed by atoms with E-state index in [0.717, 1.165) is 45.4 Å². The molecule has 2 aromatic carbocycles. The van der Waals surface area contributed by atoms with Crippen LogP contribution in [0.1, 0.15) is 19.4 Å². The number of benzene rings is 2. The molecule has 3 rings (SSSR count). The number of amides is 1. The van der Waals surface area contributed by atoms with Crippen molar-refractivity contribution in [2.75, 3.05) is 37.3 Å².